The van der Waals surface area contributed by atoms with Gasteiger partial charge < -0.3 is 10.1 Å². The Hall–Kier alpha value is -0.0800. The van der Waals surface area contributed by atoms with Crippen molar-refractivity contribution >= 4 is 0 Å². The maximum atomic E-state index is 6.41. The van der Waals surface area contributed by atoms with Gasteiger partial charge in [0.05, 0.1) is 11.7 Å². The molecule has 3 unspecified atom stereocenters. The van der Waals surface area contributed by atoms with Gasteiger partial charge in [0.1, 0.15) is 0 Å². The minimum atomic E-state index is 0.182. The Morgan fingerprint density at radius 3 is 2.88 bits per heavy atom. The summed E-state index contributed by atoms with van der Waals surface area (Å²) in [6.45, 7) is 6.69. The van der Waals surface area contributed by atoms with E-state index in [9.17, 15) is 0 Å². The van der Waals surface area contributed by atoms with Crippen molar-refractivity contribution in [3.05, 3.63) is 0 Å². The second kappa shape index (κ2) is 6.19. The number of nitrogens with one attached hydrogen (secondary N) is 1. The van der Waals surface area contributed by atoms with Gasteiger partial charge in [-0.15, -0.1) is 0 Å². The number of hydrogen-bond donors (Lipinski definition) is 1. The summed E-state index contributed by atoms with van der Waals surface area (Å²) in [6, 6.07) is 0. The first-order chi connectivity index (χ1) is 8.28. The van der Waals surface area contributed by atoms with Crippen LogP contribution in [0, 0.1) is 5.92 Å². The third-order valence-corrected chi connectivity index (χ3v) is 4.64. The highest BCUT2D eigenvalue weighted by Crippen LogP contribution is 2.36. The van der Waals surface area contributed by atoms with Crippen molar-refractivity contribution in [2.24, 2.45) is 5.92 Å². The summed E-state index contributed by atoms with van der Waals surface area (Å²) in [5.74, 6) is 0.963. The molecule has 100 valence electrons. The lowest BCUT2D eigenvalue weighted by atomic mass is 9.90. The van der Waals surface area contributed by atoms with Crippen LogP contribution in [0.5, 0.6) is 0 Å². The Labute approximate surface area is 107 Å². The molecule has 1 N–H and O–H groups in total. The molecule has 2 rings (SSSR count). The van der Waals surface area contributed by atoms with E-state index in [4.69, 9.17) is 4.74 Å². The van der Waals surface area contributed by atoms with E-state index in [1.165, 1.54) is 44.9 Å². The highest BCUT2D eigenvalue weighted by Gasteiger charge is 2.38. The summed E-state index contributed by atoms with van der Waals surface area (Å²) in [6.07, 6.45) is 11.1. The van der Waals surface area contributed by atoms with Gasteiger partial charge in [0.15, 0.2) is 0 Å². The van der Waals surface area contributed by atoms with Crippen LogP contribution in [0.25, 0.3) is 0 Å². The highest BCUT2D eigenvalue weighted by atomic mass is 16.5. The van der Waals surface area contributed by atoms with Gasteiger partial charge in [0, 0.05) is 13.1 Å². The zero-order chi connectivity index (χ0) is 12.1. The molecule has 0 aromatic rings. The lowest BCUT2D eigenvalue weighted by molar-refractivity contribution is -0.124. The van der Waals surface area contributed by atoms with Crippen molar-refractivity contribution in [1.82, 2.24) is 5.32 Å². The fraction of sp³-hybridized carbons (Fsp3) is 1.00. The minimum Gasteiger partial charge on any atom is -0.369 e. The van der Waals surface area contributed by atoms with E-state index in [1.807, 2.05) is 0 Å². The van der Waals surface area contributed by atoms with Gasteiger partial charge in [-0.1, -0.05) is 39.5 Å². The van der Waals surface area contributed by atoms with Crippen molar-refractivity contribution in [1.29, 1.82) is 0 Å². The van der Waals surface area contributed by atoms with Crippen molar-refractivity contribution in [3.8, 4) is 0 Å². The average Bonchev–Trinajstić information content (AvgIpc) is 2.54. The quantitative estimate of drug-likeness (QED) is 0.814. The molecule has 1 spiro atoms. The Kier molecular flexibility index (Phi) is 4.87. The van der Waals surface area contributed by atoms with Crippen LogP contribution >= 0.6 is 0 Å². The molecule has 0 radical (unpaired) electrons. The number of hydrogen-bond acceptors (Lipinski definition) is 2. The second-order valence-electron chi connectivity index (χ2n) is 6.05. The largest absolute Gasteiger partial charge is 0.369 e. The summed E-state index contributed by atoms with van der Waals surface area (Å²) >= 11 is 0. The van der Waals surface area contributed by atoms with Crippen LogP contribution in [0.4, 0.5) is 0 Å². The molecule has 0 aromatic heterocycles. The second-order valence-corrected chi connectivity index (χ2v) is 6.05. The summed E-state index contributed by atoms with van der Waals surface area (Å²) in [7, 11) is 0. The maximum Gasteiger partial charge on any atom is 0.0810 e. The molecular weight excluding hydrogens is 210 g/mol. The molecule has 1 saturated heterocycles. The van der Waals surface area contributed by atoms with Crippen molar-refractivity contribution in [2.75, 3.05) is 13.1 Å². The maximum absolute atomic E-state index is 6.41. The van der Waals surface area contributed by atoms with Crippen molar-refractivity contribution in [2.45, 2.75) is 76.9 Å². The first-order valence-electron chi connectivity index (χ1n) is 7.66. The van der Waals surface area contributed by atoms with E-state index in [0.717, 1.165) is 25.4 Å². The fourth-order valence-corrected chi connectivity index (χ4v) is 3.57. The molecule has 0 bridgehead atoms. The zero-order valence-corrected chi connectivity index (χ0v) is 11.6. The van der Waals surface area contributed by atoms with E-state index in [0.29, 0.717) is 6.10 Å². The smallest absolute Gasteiger partial charge is 0.0810 e. The van der Waals surface area contributed by atoms with Crippen LogP contribution in [-0.2, 0) is 4.74 Å². The summed E-state index contributed by atoms with van der Waals surface area (Å²) in [4.78, 5) is 0. The Morgan fingerprint density at radius 1 is 1.24 bits per heavy atom. The topological polar surface area (TPSA) is 21.3 Å². The third kappa shape index (κ3) is 3.45. The van der Waals surface area contributed by atoms with Gasteiger partial charge in [-0.25, -0.2) is 0 Å². The van der Waals surface area contributed by atoms with E-state index in [1.54, 1.807) is 0 Å². The van der Waals surface area contributed by atoms with Crippen LogP contribution in [0.15, 0.2) is 0 Å². The summed E-state index contributed by atoms with van der Waals surface area (Å²) < 4.78 is 6.41. The molecule has 1 aliphatic heterocycles. The molecular formula is C15H29NO. The molecule has 1 heterocycles. The van der Waals surface area contributed by atoms with Gasteiger partial charge >= 0.3 is 0 Å². The van der Waals surface area contributed by atoms with Crippen LogP contribution in [0.3, 0.4) is 0 Å². The number of rotatable bonds is 3. The number of morpholine rings is 1. The van der Waals surface area contributed by atoms with Crippen molar-refractivity contribution in [3.63, 3.8) is 0 Å². The van der Waals surface area contributed by atoms with E-state index in [-0.39, 0.29) is 5.60 Å². The molecule has 2 nitrogen and oxygen atoms in total. The number of ether oxygens (including phenoxy) is 1. The molecule has 2 fully saturated rings. The average molecular weight is 239 g/mol. The predicted octanol–water partition coefficient (Wildman–Crippen LogP) is 3.50. The lowest BCUT2D eigenvalue weighted by Crippen LogP contribution is -2.53. The van der Waals surface area contributed by atoms with Gasteiger partial charge in [0.2, 0.25) is 0 Å². The Morgan fingerprint density at radius 2 is 2.12 bits per heavy atom. The SMILES string of the molecule is CCCC1CCCC2(CC1)CNCC(CC)O2. The van der Waals surface area contributed by atoms with Gasteiger partial charge in [-0.2, -0.15) is 0 Å². The predicted molar refractivity (Wildman–Crippen MR) is 72.2 cm³/mol. The van der Waals surface area contributed by atoms with Crippen LogP contribution < -0.4 is 5.32 Å². The first kappa shape index (κ1) is 13.4. The molecule has 2 heteroatoms. The summed E-state index contributed by atoms with van der Waals surface area (Å²) in [5.41, 5.74) is 0.182. The monoisotopic (exact) mass is 239 g/mol. The van der Waals surface area contributed by atoms with Crippen LogP contribution in [-0.4, -0.2) is 24.8 Å². The molecule has 1 aliphatic carbocycles. The standard InChI is InChI=1S/C15H29NO/c1-3-6-13-7-5-9-15(10-8-13)12-16-11-14(4-2)17-15/h13-14,16H,3-12H2,1-2H3. The normalized spacial score (nSPS) is 39.2. The Balaban J connectivity index is 1.91. The zero-order valence-electron chi connectivity index (χ0n) is 11.6. The van der Waals surface area contributed by atoms with E-state index in [2.05, 4.69) is 19.2 Å². The van der Waals surface area contributed by atoms with E-state index < -0.39 is 0 Å². The Bertz CT molecular complexity index is 231. The highest BCUT2D eigenvalue weighted by molar-refractivity contribution is 4.91. The molecule has 3 atom stereocenters. The van der Waals surface area contributed by atoms with Crippen LogP contribution in [0.2, 0.25) is 0 Å². The van der Waals surface area contributed by atoms with Crippen LogP contribution in [0.1, 0.15) is 65.2 Å². The van der Waals surface area contributed by atoms with Gasteiger partial charge in [0.25, 0.3) is 0 Å². The molecule has 1 saturated carbocycles. The molecule has 17 heavy (non-hydrogen) atoms. The molecule has 0 amide bonds. The molecule has 2 aliphatic rings. The van der Waals surface area contributed by atoms with E-state index >= 15 is 0 Å². The fourth-order valence-electron chi connectivity index (χ4n) is 3.57. The molecule has 0 aromatic carbocycles. The van der Waals surface area contributed by atoms with Gasteiger partial charge in [-0.05, 0) is 31.6 Å². The lowest BCUT2D eigenvalue weighted by Gasteiger charge is -2.41. The summed E-state index contributed by atoms with van der Waals surface area (Å²) in [5, 5.41) is 3.60. The minimum absolute atomic E-state index is 0.182. The third-order valence-electron chi connectivity index (χ3n) is 4.64. The van der Waals surface area contributed by atoms with Gasteiger partial charge in [-0.3, -0.25) is 0 Å². The first-order valence-corrected chi connectivity index (χ1v) is 7.66. The van der Waals surface area contributed by atoms with Crippen molar-refractivity contribution < 1.29 is 4.74 Å².